The number of aliphatic imine (C=N–C) groups is 1. The lowest BCUT2D eigenvalue weighted by molar-refractivity contribution is -0.141. The molecular formula is C12H8N2O3. The zero-order valence-electron chi connectivity index (χ0n) is 8.70. The van der Waals surface area contributed by atoms with Crippen molar-refractivity contribution in [2.24, 2.45) is 4.99 Å². The third-order valence-corrected chi connectivity index (χ3v) is 2.54. The largest absolute Gasteiger partial charge is 0.478 e. The Labute approximate surface area is 96.4 Å². The van der Waals surface area contributed by atoms with Crippen LogP contribution in [0.5, 0.6) is 5.75 Å². The minimum absolute atomic E-state index is 0.429. The second kappa shape index (κ2) is 3.55. The number of carbonyl (C=O) groups is 1. The summed E-state index contributed by atoms with van der Waals surface area (Å²) in [4.78, 5) is 19.1. The van der Waals surface area contributed by atoms with Gasteiger partial charge in [-0.1, -0.05) is 12.1 Å². The van der Waals surface area contributed by atoms with E-state index >= 15 is 0 Å². The Morgan fingerprint density at radius 1 is 1.35 bits per heavy atom. The summed E-state index contributed by atoms with van der Waals surface area (Å²) in [7, 11) is 0. The van der Waals surface area contributed by atoms with E-state index in [1.54, 1.807) is 12.3 Å². The van der Waals surface area contributed by atoms with Crippen molar-refractivity contribution >= 4 is 28.8 Å². The molecule has 1 unspecified atom stereocenters. The monoisotopic (exact) mass is 228 g/mol. The summed E-state index contributed by atoms with van der Waals surface area (Å²) in [6.45, 7) is 0. The summed E-state index contributed by atoms with van der Waals surface area (Å²) in [5.41, 5.74) is 1.24. The van der Waals surface area contributed by atoms with Gasteiger partial charge in [-0.05, 0) is 12.1 Å². The molecule has 1 aliphatic heterocycles. The topological polar surface area (TPSA) is 71.8 Å². The molecular weight excluding hydrogens is 220 g/mol. The van der Waals surface area contributed by atoms with Crippen LogP contribution in [0.4, 0.5) is 5.69 Å². The molecule has 84 valence electrons. The van der Waals surface area contributed by atoms with Crippen LogP contribution in [0.1, 0.15) is 0 Å². The first-order chi connectivity index (χ1) is 8.25. The first kappa shape index (κ1) is 9.77. The van der Waals surface area contributed by atoms with Gasteiger partial charge in [0.25, 0.3) is 0 Å². The van der Waals surface area contributed by atoms with Gasteiger partial charge in [0.1, 0.15) is 11.2 Å². The number of carboxylic acids is 1. The molecule has 17 heavy (non-hydrogen) atoms. The van der Waals surface area contributed by atoms with Gasteiger partial charge in [0.2, 0.25) is 6.10 Å². The number of pyridine rings is 1. The number of carboxylic acid groups (broad SMARTS) is 1. The molecule has 3 rings (SSSR count). The van der Waals surface area contributed by atoms with Crippen LogP contribution in [-0.4, -0.2) is 28.4 Å². The lowest BCUT2D eigenvalue weighted by Crippen LogP contribution is -2.30. The van der Waals surface area contributed by atoms with Crippen LogP contribution in [-0.2, 0) is 4.79 Å². The average molecular weight is 228 g/mol. The fourth-order valence-corrected chi connectivity index (χ4v) is 1.75. The lowest BCUT2D eigenvalue weighted by atomic mass is 10.1. The normalized spacial score (nSPS) is 17.5. The molecule has 0 saturated carbocycles. The van der Waals surface area contributed by atoms with Crippen molar-refractivity contribution in [1.29, 1.82) is 0 Å². The van der Waals surface area contributed by atoms with Gasteiger partial charge in [-0.3, -0.25) is 9.98 Å². The van der Waals surface area contributed by atoms with E-state index in [1.165, 1.54) is 6.21 Å². The molecule has 5 nitrogen and oxygen atoms in total. The molecule has 0 bridgehead atoms. The Kier molecular flexibility index (Phi) is 2.04. The number of benzene rings is 1. The van der Waals surface area contributed by atoms with Crippen molar-refractivity contribution in [2.75, 3.05) is 0 Å². The zero-order chi connectivity index (χ0) is 11.8. The molecule has 0 radical (unpaired) electrons. The first-order valence-electron chi connectivity index (χ1n) is 5.07. The highest BCUT2D eigenvalue weighted by Gasteiger charge is 2.24. The molecule has 0 spiro atoms. The van der Waals surface area contributed by atoms with E-state index in [-0.39, 0.29) is 0 Å². The summed E-state index contributed by atoms with van der Waals surface area (Å²) in [6.07, 6.45) is 1.87. The van der Waals surface area contributed by atoms with Crippen LogP contribution in [0.25, 0.3) is 10.9 Å². The lowest BCUT2D eigenvalue weighted by Gasteiger charge is -2.18. The maximum atomic E-state index is 10.9. The van der Waals surface area contributed by atoms with Crippen LogP contribution in [0.3, 0.4) is 0 Å². The number of rotatable bonds is 1. The van der Waals surface area contributed by atoms with E-state index in [4.69, 9.17) is 9.84 Å². The number of aliphatic carboxylic acids is 1. The van der Waals surface area contributed by atoms with Gasteiger partial charge in [-0.2, -0.15) is 0 Å². The Morgan fingerprint density at radius 2 is 2.24 bits per heavy atom. The molecule has 0 fully saturated rings. The zero-order valence-corrected chi connectivity index (χ0v) is 8.70. The Bertz CT molecular complexity index is 637. The van der Waals surface area contributed by atoms with Gasteiger partial charge >= 0.3 is 5.97 Å². The molecule has 1 atom stereocenters. The molecule has 2 aromatic rings. The highest BCUT2D eigenvalue weighted by molar-refractivity contribution is 5.98. The fraction of sp³-hybridized carbons (Fsp3) is 0.0833. The summed E-state index contributed by atoms with van der Waals surface area (Å²) in [5, 5.41) is 9.80. The van der Waals surface area contributed by atoms with Crippen molar-refractivity contribution in [3.05, 3.63) is 30.5 Å². The van der Waals surface area contributed by atoms with E-state index in [9.17, 15) is 4.79 Å². The van der Waals surface area contributed by atoms with Gasteiger partial charge < -0.3 is 9.84 Å². The molecule has 0 amide bonds. The van der Waals surface area contributed by atoms with Gasteiger partial charge in [0.15, 0.2) is 5.75 Å². The molecule has 1 N–H and O–H groups in total. The molecule has 0 saturated heterocycles. The van der Waals surface area contributed by atoms with Gasteiger partial charge in [-0.25, -0.2) is 4.79 Å². The van der Waals surface area contributed by atoms with Gasteiger partial charge in [0.05, 0.1) is 6.21 Å². The molecule has 1 aromatic heterocycles. The smallest absolute Gasteiger partial charge is 0.350 e. The maximum absolute atomic E-state index is 10.9. The van der Waals surface area contributed by atoms with Crippen molar-refractivity contribution < 1.29 is 14.6 Å². The third-order valence-electron chi connectivity index (χ3n) is 2.54. The Hall–Kier alpha value is -2.43. The summed E-state index contributed by atoms with van der Waals surface area (Å²) >= 11 is 0. The molecule has 1 aliphatic rings. The first-order valence-corrected chi connectivity index (χ1v) is 5.07. The third kappa shape index (κ3) is 1.52. The van der Waals surface area contributed by atoms with E-state index in [1.807, 2.05) is 18.2 Å². The second-order valence-corrected chi connectivity index (χ2v) is 3.64. The van der Waals surface area contributed by atoms with E-state index in [0.717, 1.165) is 5.39 Å². The van der Waals surface area contributed by atoms with Crippen molar-refractivity contribution in [1.82, 2.24) is 4.98 Å². The van der Waals surface area contributed by atoms with Crippen molar-refractivity contribution in [3.63, 3.8) is 0 Å². The van der Waals surface area contributed by atoms with Crippen LogP contribution in [0.2, 0.25) is 0 Å². The number of fused-ring (bicyclic) bond motifs is 3. The summed E-state index contributed by atoms with van der Waals surface area (Å²) < 4.78 is 5.40. The highest BCUT2D eigenvalue weighted by atomic mass is 16.5. The average Bonchev–Trinajstić information content (AvgIpc) is 2.38. The van der Waals surface area contributed by atoms with E-state index in [2.05, 4.69) is 9.98 Å². The molecule has 0 aliphatic carbocycles. The second-order valence-electron chi connectivity index (χ2n) is 3.64. The SMILES string of the molecule is O=C(O)C1C=Nc2ccc3cccnc3c2O1. The molecule has 1 aromatic carbocycles. The van der Waals surface area contributed by atoms with Crippen LogP contribution >= 0.6 is 0 Å². The van der Waals surface area contributed by atoms with Crippen LogP contribution < -0.4 is 4.74 Å². The van der Waals surface area contributed by atoms with Crippen molar-refractivity contribution in [2.45, 2.75) is 6.10 Å². The quantitative estimate of drug-likeness (QED) is 0.807. The molecule has 2 heterocycles. The number of aromatic nitrogens is 1. The molecule has 5 heteroatoms. The van der Waals surface area contributed by atoms with Crippen LogP contribution in [0, 0.1) is 0 Å². The fourth-order valence-electron chi connectivity index (χ4n) is 1.75. The number of ether oxygens (including phenoxy) is 1. The van der Waals surface area contributed by atoms with Crippen molar-refractivity contribution in [3.8, 4) is 5.75 Å². The predicted octanol–water partition coefficient (Wildman–Crippen LogP) is 1.78. The standard InChI is InChI=1S/C12H8N2O3/c15-12(16)9-6-14-8-4-3-7-2-1-5-13-10(7)11(8)17-9/h1-6,9H,(H,15,16). The number of hydrogen-bond donors (Lipinski definition) is 1. The van der Waals surface area contributed by atoms with Gasteiger partial charge in [0, 0.05) is 11.6 Å². The minimum Gasteiger partial charge on any atom is -0.478 e. The number of nitrogens with zero attached hydrogens (tertiary/aromatic N) is 2. The summed E-state index contributed by atoms with van der Waals surface area (Å²) in [6, 6.07) is 7.37. The number of hydrogen-bond acceptors (Lipinski definition) is 4. The predicted molar refractivity (Wildman–Crippen MR) is 61.9 cm³/mol. The summed E-state index contributed by atoms with van der Waals surface area (Å²) in [5.74, 6) is -0.634. The van der Waals surface area contributed by atoms with Gasteiger partial charge in [-0.15, -0.1) is 0 Å². The van der Waals surface area contributed by atoms with E-state index < -0.39 is 12.1 Å². The Morgan fingerprint density at radius 3 is 3.06 bits per heavy atom. The maximum Gasteiger partial charge on any atom is 0.350 e. The minimum atomic E-state index is -1.06. The van der Waals surface area contributed by atoms with Crippen LogP contribution in [0.15, 0.2) is 35.5 Å². The highest BCUT2D eigenvalue weighted by Crippen LogP contribution is 2.36. The Balaban J connectivity index is 2.21. The van der Waals surface area contributed by atoms with E-state index in [0.29, 0.717) is 17.0 Å².